The average molecular weight is 317 g/mol. The number of benzene rings is 1. The third-order valence-corrected chi connectivity index (χ3v) is 4.30. The van der Waals surface area contributed by atoms with Crippen molar-refractivity contribution >= 4 is 17.3 Å². The quantitative estimate of drug-likeness (QED) is 0.566. The lowest BCUT2D eigenvalue weighted by Crippen LogP contribution is -2.38. The normalized spacial score (nSPS) is 12.9. The van der Waals surface area contributed by atoms with Crippen molar-refractivity contribution in [3.8, 4) is 5.75 Å². The first kappa shape index (κ1) is 16.4. The zero-order valence-corrected chi connectivity index (χ0v) is 13.9. The predicted octanol–water partition coefficient (Wildman–Crippen LogP) is 3.31. The Morgan fingerprint density at radius 3 is 2.86 bits per heavy atom. The molecule has 0 radical (unpaired) electrons. The molecule has 2 rings (SSSR count). The molecule has 0 aliphatic heterocycles. The van der Waals surface area contributed by atoms with Crippen LogP contribution in [0.5, 0.6) is 5.75 Å². The van der Waals surface area contributed by atoms with Crippen molar-refractivity contribution in [3.05, 3.63) is 52.2 Å². The van der Waals surface area contributed by atoms with Gasteiger partial charge in [0.25, 0.3) is 0 Å². The topological polar surface area (TPSA) is 56.7 Å². The molecule has 0 saturated carbocycles. The van der Waals surface area contributed by atoms with Crippen LogP contribution in [0, 0.1) is 0 Å². The molecular formula is C17H23N3OS. The van der Waals surface area contributed by atoms with Crippen LogP contribution in [0.4, 0.5) is 0 Å². The van der Waals surface area contributed by atoms with Crippen LogP contribution in [0.1, 0.15) is 30.3 Å². The molecule has 0 saturated heterocycles. The summed E-state index contributed by atoms with van der Waals surface area (Å²) in [5, 5.41) is 18.2. The largest absolute Gasteiger partial charge is 0.508 e. The van der Waals surface area contributed by atoms with E-state index in [9.17, 15) is 5.11 Å². The summed E-state index contributed by atoms with van der Waals surface area (Å²) in [7, 11) is 0. The predicted molar refractivity (Wildman–Crippen MR) is 93.7 cm³/mol. The van der Waals surface area contributed by atoms with Gasteiger partial charge in [-0.25, -0.2) is 0 Å². The van der Waals surface area contributed by atoms with Gasteiger partial charge in [0.15, 0.2) is 5.96 Å². The molecule has 4 nitrogen and oxygen atoms in total. The van der Waals surface area contributed by atoms with Crippen LogP contribution in [-0.2, 0) is 6.42 Å². The van der Waals surface area contributed by atoms with E-state index in [1.54, 1.807) is 23.5 Å². The SMILES string of the molecule is CCNC(=NCCc1cccc(O)c1)NC(C)c1cccs1. The van der Waals surface area contributed by atoms with E-state index in [1.165, 1.54) is 4.88 Å². The highest BCUT2D eigenvalue weighted by molar-refractivity contribution is 7.10. The fourth-order valence-corrected chi connectivity index (χ4v) is 2.88. The Morgan fingerprint density at radius 2 is 2.18 bits per heavy atom. The minimum atomic E-state index is 0.235. The van der Waals surface area contributed by atoms with Gasteiger partial charge in [-0.1, -0.05) is 18.2 Å². The van der Waals surface area contributed by atoms with E-state index in [-0.39, 0.29) is 6.04 Å². The standard InChI is InChI=1S/C17H23N3OS/c1-3-18-17(20-13(2)16-8-5-11-22-16)19-10-9-14-6-4-7-15(21)12-14/h4-8,11-13,21H,3,9-10H2,1-2H3,(H2,18,19,20). The van der Waals surface area contributed by atoms with E-state index >= 15 is 0 Å². The van der Waals surface area contributed by atoms with Gasteiger partial charge in [-0.3, -0.25) is 4.99 Å². The molecule has 1 unspecified atom stereocenters. The second-order valence-corrected chi connectivity index (χ2v) is 6.04. The van der Waals surface area contributed by atoms with Crippen molar-refractivity contribution in [1.82, 2.24) is 10.6 Å². The minimum absolute atomic E-state index is 0.235. The molecule has 0 bridgehead atoms. The highest BCUT2D eigenvalue weighted by Gasteiger charge is 2.08. The Bertz CT molecular complexity index is 596. The number of thiophene rings is 1. The van der Waals surface area contributed by atoms with Crippen molar-refractivity contribution in [2.75, 3.05) is 13.1 Å². The second-order valence-electron chi connectivity index (χ2n) is 5.06. The Hall–Kier alpha value is -2.01. The molecule has 1 aromatic heterocycles. The number of hydrogen-bond donors (Lipinski definition) is 3. The first-order valence-electron chi connectivity index (χ1n) is 7.55. The summed E-state index contributed by atoms with van der Waals surface area (Å²) in [6.07, 6.45) is 0.804. The lowest BCUT2D eigenvalue weighted by Gasteiger charge is -2.16. The summed E-state index contributed by atoms with van der Waals surface area (Å²) in [5.74, 6) is 1.13. The number of nitrogens with one attached hydrogen (secondary N) is 2. The average Bonchev–Trinajstić information content (AvgIpc) is 3.02. The molecular weight excluding hydrogens is 294 g/mol. The molecule has 118 valence electrons. The minimum Gasteiger partial charge on any atom is -0.508 e. The summed E-state index contributed by atoms with van der Waals surface area (Å²) in [5.41, 5.74) is 1.09. The maximum atomic E-state index is 9.47. The Kier molecular flexibility index (Phi) is 6.27. The molecule has 1 atom stereocenters. The molecule has 1 heterocycles. The van der Waals surface area contributed by atoms with Crippen LogP contribution < -0.4 is 10.6 Å². The van der Waals surface area contributed by atoms with Gasteiger partial charge in [-0.05, 0) is 49.4 Å². The van der Waals surface area contributed by atoms with Gasteiger partial charge in [-0.2, -0.15) is 0 Å². The van der Waals surface area contributed by atoms with Crippen LogP contribution in [0.25, 0.3) is 0 Å². The lowest BCUT2D eigenvalue weighted by atomic mass is 10.1. The third-order valence-electron chi connectivity index (χ3n) is 3.25. The number of phenols is 1. The summed E-state index contributed by atoms with van der Waals surface area (Å²) in [6, 6.07) is 11.7. The smallest absolute Gasteiger partial charge is 0.191 e. The third kappa shape index (κ3) is 5.07. The summed E-state index contributed by atoms with van der Waals surface area (Å²) < 4.78 is 0. The zero-order valence-electron chi connectivity index (χ0n) is 13.0. The van der Waals surface area contributed by atoms with Crippen LogP contribution in [0.2, 0.25) is 0 Å². The number of guanidine groups is 1. The fourth-order valence-electron chi connectivity index (χ4n) is 2.14. The highest BCUT2D eigenvalue weighted by Crippen LogP contribution is 2.17. The number of phenolic OH excluding ortho intramolecular Hbond substituents is 1. The molecule has 0 aliphatic rings. The van der Waals surface area contributed by atoms with Gasteiger partial charge in [0, 0.05) is 18.0 Å². The molecule has 0 amide bonds. The van der Waals surface area contributed by atoms with Gasteiger partial charge < -0.3 is 15.7 Å². The fraction of sp³-hybridized carbons (Fsp3) is 0.353. The monoisotopic (exact) mass is 317 g/mol. The maximum absolute atomic E-state index is 9.47. The van der Waals surface area contributed by atoms with Crippen LogP contribution in [0.15, 0.2) is 46.8 Å². The molecule has 1 aromatic carbocycles. The van der Waals surface area contributed by atoms with E-state index in [1.807, 2.05) is 12.1 Å². The van der Waals surface area contributed by atoms with E-state index < -0.39 is 0 Å². The van der Waals surface area contributed by atoms with Crippen molar-refractivity contribution < 1.29 is 5.11 Å². The van der Waals surface area contributed by atoms with Crippen LogP contribution >= 0.6 is 11.3 Å². The van der Waals surface area contributed by atoms with Gasteiger partial charge >= 0.3 is 0 Å². The Balaban J connectivity index is 1.92. The number of hydrogen-bond acceptors (Lipinski definition) is 3. The maximum Gasteiger partial charge on any atom is 0.191 e. The van der Waals surface area contributed by atoms with E-state index in [4.69, 9.17) is 0 Å². The highest BCUT2D eigenvalue weighted by atomic mass is 32.1. The van der Waals surface area contributed by atoms with Crippen molar-refractivity contribution in [2.45, 2.75) is 26.3 Å². The summed E-state index contributed by atoms with van der Waals surface area (Å²) in [6.45, 7) is 5.70. The molecule has 22 heavy (non-hydrogen) atoms. The first-order valence-corrected chi connectivity index (χ1v) is 8.43. The first-order chi connectivity index (χ1) is 10.7. The van der Waals surface area contributed by atoms with E-state index in [0.29, 0.717) is 12.3 Å². The van der Waals surface area contributed by atoms with Crippen LogP contribution in [-0.4, -0.2) is 24.2 Å². The Labute approximate surface area is 135 Å². The number of aliphatic imine (C=N–C) groups is 1. The van der Waals surface area contributed by atoms with Gasteiger partial charge in [0.1, 0.15) is 5.75 Å². The Morgan fingerprint density at radius 1 is 1.32 bits per heavy atom. The van der Waals surface area contributed by atoms with Gasteiger partial charge in [0.2, 0.25) is 0 Å². The van der Waals surface area contributed by atoms with Crippen molar-refractivity contribution in [2.24, 2.45) is 4.99 Å². The summed E-state index contributed by atoms with van der Waals surface area (Å²) in [4.78, 5) is 5.90. The lowest BCUT2D eigenvalue weighted by molar-refractivity contribution is 0.474. The molecule has 2 aromatic rings. The molecule has 0 aliphatic carbocycles. The van der Waals surface area contributed by atoms with Crippen LogP contribution in [0.3, 0.4) is 0 Å². The molecule has 3 N–H and O–H groups in total. The van der Waals surface area contributed by atoms with Gasteiger partial charge in [0.05, 0.1) is 6.04 Å². The number of aromatic hydroxyl groups is 1. The number of rotatable bonds is 6. The van der Waals surface area contributed by atoms with Crippen molar-refractivity contribution in [1.29, 1.82) is 0 Å². The zero-order chi connectivity index (χ0) is 15.8. The molecule has 0 spiro atoms. The summed E-state index contributed by atoms with van der Waals surface area (Å²) >= 11 is 1.74. The second kappa shape index (κ2) is 8.44. The molecule has 5 heteroatoms. The van der Waals surface area contributed by atoms with E-state index in [0.717, 1.165) is 24.5 Å². The molecule has 0 fully saturated rings. The van der Waals surface area contributed by atoms with Gasteiger partial charge in [-0.15, -0.1) is 11.3 Å². The number of nitrogens with zero attached hydrogens (tertiary/aromatic N) is 1. The van der Waals surface area contributed by atoms with E-state index in [2.05, 4.69) is 47.0 Å². The van der Waals surface area contributed by atoms with Crippen molar-refractivity contribution in [3.63, 3.8) is 0 Å².